The number of carbonyl (C=O) groups excluding carboxylic acids is 1. The Labute approximate surface area is 250 Å². The molecular weight excluding hydrogens is 609 g/mol. The van der Waals surface area contributed by atoms with Gasteiger partial charge in [0.1, 0.15) is 5.75 Å². The predicted molar refractivity (Wildman–Crippen MR) is 159 cm³/mol. The van der Waals surface area contributed by atoms with Gasteiger partial charge in [0.2, 0.25) is 15.9 Å². The Morgan fingerprint density at radius 2 is 1.59 bits per heavy atom. The van der Waals surface area contributed by atoms with Crippen LogP contribution in [-0.2, 0) is 31.3 Å². The highest BCUT2D eigenvalue weighted by molar-refractivity contribution is 7.92. The molecule has 0 aromatic heterocycles. The minimum Gasteiger partial charge on any atom is -0.492 e. The van der Waals surface area contributed by atoms with Crippen LogP contribution in [0.4, 0.5) is 11.4 Å². The van der Waals surface area contributed by atoms with Crippen molar-refractivity contribution >= 4 is 60.5 Å². The summed E-state index contributed by atoms with van der Waals surface area (Å²) in [5, 5.41) is 3.56. The van der Waals surface area contributed by atoms with Gasteiger partial charge >= 0.3 is 0 Å². The second-order valence-corrected chi connectivity index (χ2v) is 14.5. The molecule has 0 saturated carbocycles. The van der Waals surface area contributed by atoms with Gasteiger partial charge in [-0.1, -0.05) is 29.3 Å². The molecule has 0 bridgehead atoms. The monoisotopic (exact) mass is 637 g/mol. The summed E-state index contributed by atoms with van der Waals surface area (Å²) in [6.45, 7) is 2.89. The molecular formula is C28H29Cl2N3O6S2. The maximum Gasteiger partial charge on any atom is 0.264 e. The van der Waals surface area contributed by atoms with Crippen molar-refractivity contribution in [2.75, 3.05) is 35.9 Å². The van der Waals surface area contributed by atoms with Crippen LogP contribution in [0.1, 0.15) is 25.3 Å². The normalized spacial score (nSPS) is 16.4. The van der Waals surface area contributed by atoms with E-state index < -0.39 is 26.0 Å². The fourth-order valence-corrected chi connectivity index (χ4v) is 8.49. The third-order valence-corrected chi connectivity index (χ3v) is 11.5. The number of halogens is 2. The number of hydrogen-bond donors (Lipinski definition) is 1. The third-order valence-electron chi connectivity index (χ3n) is 7.27. The molecule has 2 aliphatic rings. The Hall–Kier alpha value is -2.83. The topological polar surface area (TPSA) is 113 Å². The molecule has 2 aliphatic heterocycles. The molecule has 1 saturated heterocycles. The largest absolute Gasteiger partial charge is 0.492 e. The number of carbonyl (C=O) groups is 1. The van der Waals surface area contributed by atoms with Gasteiger partial charge in [-0.25, -0.2) is 16.8 Å². The average molecular weight is 639 g/mol. The smallest absolute Gasteiger partial charge is 0.264 e. The Bertz CT molecular complexity index is 1670. The Balaban J connectivity index is 1.24. The van der Waals surface area contributed by atoms with Crippen LogP contribution < -0.4 is 14.4 Å². The van der Waals surface area contributed by atoms with E-state index in [1.54, 1.807) is 12.1 Å². The van der Waals surface area contributed by atoms with Crippen LogP contribution in [0.25, 0.3) is 0 Å². The highest BCUT2D eigenvalue weighted by atomic mass is 35.5. The molecule has 218 valence electrons. The number of hydrogen-bond acceptors (Lipinski definition) is 6. The van der Waals surface area contributed by atoms with Crippen LogP contribution in [0.5, 0.6) is 5.75 Å². The Morgan fingerprint density at radius 1 is 0.902 bits per heavy atom. The zero-order valence-corrected chi connectivity index (χ0v) is 25.4. The lowest BCUT2D eigenvalue weighted by Crippen LogP contribution is -2.41. The number of sulfonamides is 2. The van der Waals surface area contributed by atoms with Gasteiger partial charge in [0.15, 0.2) is 0 Å². The predicted octanol–water partition coefficient (Wildman–Crippen LogP) is 5.18. The molecule has 0 atom stereocenters. The molecule has 0 spiro atoms. The molecule has 0 radical (unpaired) electrons. The maximum atomic E-state index is 13.3. The van der Waals surface area contributed by atoms with Crippen LogP contribution in [0, 0.1) is 5.92 Å². The first-order chi connectivity index (χ1) is 19.5. The minimum absolute atomic E-state index is 0.0742. The molecule has 1 fully saturated rings. The van der Waals surface area contributed by atoms with Gasteiger partial charge in [-0.05, 0) is 86.3 Å². The Kier molecular flexibility index (Phi) is 8.54. The molecule has 2 heterocycles. The molecule has 3 aromatic rings. The van der Waals surface area contributed by atoms with Gasteiger partial charge in [0, 0.05) is 36.3 Å². The van der Waals surface area contributed by atoms with Crippen LogP contribution in [0.15, 0.2) is 70.5 Å². The number of rotatable bonds is 8. The van der Waals surface area contributed by atoms with Crippen molar-refractivity contribution in [1.29, 1.82) is 0 Å². The number of anilines is 2. The van der Waals surface area contributed by atoms with Gasteiger partial charge in [0.25, 0.3) is 10.0 Å². The highest BCUT2D eigenvalue weighted by Gasteiger charge is 2.34. The van der Waals surface area contributed by atoms with E-state index in [0.717, 1.165) is 5.56 Å². The van der Waals surface area contributed by atoms with Crippen LogP contribution in [0.2, 0.25) is 10.0 Å². The fraction of sp³-hybridized carbons (Fsp3) is 0.321. The summed E-state index contributed by atoms with van der Waals surface area (Å²) in [6, 6.07) is 15.6. The molecule has 13 heteroatoms. The van der Waals surface area contributed by atoms with Crippen LogP contribution in [0.3, 0.4) is 0 Å². The molecule has 41 heavy (non-hydrogen) atoms. The lowest BCUT2D eigenvalue weighted by Gasteiger charge is -2.30. The standard InChI is InChI=1S/C28H29Cl2N3O6S2/c1-2-39-27-10-9-24(18-25(27)30)40(35,36)32-14-11-20(12-15-32)28(34)31-22-6-3-19-13-16-33(26(19)17-22)41(37,38)23-7-4-21(29)5-8-23/h3-10,17-18,20H,2,11-16H2,1H3,(H,31,34). The second kappa shape index (κ2) is 11.8. The number of amides is 1. The number of nitrogens with zero attached hydrogens (tertiary/aromatic N) is 2. The van der Waals surface area contributed by atoms with E-state index in [1.165, 1.54) is 51.1 Å². The lowest BCUT2D eigenvalue weighted by molar-refractivity contribution is -0.120. The summed E-state index contributed by atoms with van der Waals surface area (Å²) in [6.07, 6.45) is 1.25. The number of nitrogens with one attached hydrogen (secondary N) is 1. The molecule has 0 unspecified atom stereocenters. The molecule has 9 nitrogen and oxygen atoms in total. The summed E-state index contributed by atoms with van der Waals surface area (Å²) >= 11 is 12.1. The van der Waals surface area contributed by atoms with Crippen LogP contribution in [-0.4, -0.2) is 53.3 Å². The van der Waals surface area contributed by atoms with Crippen LogP contribution >= 0.6 is 23.2 Å². The average Bonchev–Trinajstić information content (AvgIpc) is 3.39. The molecule has 5 rings (SSSR count). The first-order valence-electron chi connectivity index (χ1n) is 13.2. The van der Waals surface area contributed by atoms with Gasteiger partial charge in [0.05, 0.1) is 27.1 Å². The van der Waals surface area contributed by atoms with Crippen molar-refractivity contribution in [2.45, 2.75) is 36.0 Å². The summed E-state index contributed by atoms with van der Waals surface area (Å²) in [5.74, 6) is -0.218. The van der Waals surface area contributed by atoms with E-state index in [1.807, 2.05) is 13.0 Å². The SMILES string of the molecule is CCOc1ccc(S(=O)(=O)N2CCC(C(=O)Nc3ccc4c(c3)N(S(=O)(=O)c3ccc(Cl)cc3)CC4)CC2)cc1Cl. The van der Waals surface area contributed by atoms with Crippen molar-refractivity contribution < 1.29 is 26.4 Å². The molecule has 1 amide bonds. The van der Waals surface area contributed by atoms with E-state index in [9.17, 15) is 21.6 Å². The zero-order valence-electron chi connectivity index (χ0n) is 22.2. The first-order valence-corrected chi connectivity index (χ1v) is 16.8. The van der Waals surface area contributed by atoms with E-state index >= 15 is 0 Å². The van der Waals surface area contributed by atoms with Gasteiger partial charge in [-0.15, -0.1) is 0 Å². The van der Waals surface area contributed by atoms with E-state index in [-0.39, 0.29) is 33.8 Å². The number of ether oxygens (including phenoxy) is 1. The summed E-state index contributed by atoms with van der Waals surface area (Å²) < 4.78 is 61.0. The summed E-state index contributed by atoms with van der Waals surface area (Å²) in [7, 11) is -7.59. The number of fused-ring (bicyclic) bond motifs is 1. The van der Waals surface area contributed by atoms with E-state index in [2.05, 4.69) is 5.32 Å². The first kappa shape index (κ1) is 29.7. The lowest BCUT2D eigenvalue weighted by atomic mass is 9.97. The minimum atomic E-state index is -3.80. The van der Waals surface area contributed by atoms with Gasteiger partial charge in [-0.2, -0.15) is 4.31 Å². The van der Waals surface area contributed by atoms with E-state index in [0.29, 0.717) is 54.6 Å². The Morgan fingerprint density at radius 3 is 2.24 bits per heavy atom. The van der Waals surface area contributed by atoms with Gasteiger partial charge in [-0.3, -0.25) is 9.10 Å². The maximum absolute atomic E-state index is 13.3. The molecule has 1 N–H and O–H groups in total. The molecule has 0 aliphatic carbocycles. The number of benzene rings is 3. The summed E-state index contributed by atoms with van der Waals surface area (Å²) in [5.41, 5.74) is 1.87. The van der Waals surface area contributed by atoms with Crippen molar-refractivity contribution in [1.82, 2.24) is 4.31 Å². The van der Waals surface area contributed by atoms with Crippen molar-refractivity contribution in [3.63, 3.8) is 0 Å². The van der Waals surface area contributed by atoms with E-state index in [4.69, 9.17) is 27.9 Å². The third kappa shape index (κ3) is 6.05. The summed E-state index contributed by atoms with van der Waals surface area (Å²) in [4.78, 5) is 13.3. The quantitative estimate of drug-likeness (QED) is 0.364. The van der Waals surface area contributed by atoms with Crippen molar-refractivity contribution in [3.8, 4) is 5.75 Å². The van der Waals surface area contributed by atoms with Crippen molar-refractivity contribution in [2.24, 2.45) is 5.92 Å². The second-order valence-electron chi connectivity index (χ2n) is 9.82. The van der Waals surface area contributed by atoms with Gasteiger partial charge < -0.3 is 10.1 Å². The van der Waals surface area contributed by atoms with Crippen molar-refractivity contribution in [3.05, 3.63) is 76.3 Å². The molecule has 3 aromatic carbocycles. The zero-order chi connectivity index (χ0) is 29.4. The fourth-order valence-electron chi connectivity index (χ4n) is 5.08. The number of piperidine rings is 1. The highest BCUT2D eigenvalue weighted by Crippen LogP contribution is 2.36.